The molecule has 12 rings (SSSR count). The van der Waals surface area contributed by atoms with Crippen LogP contribution in [0.25, 0.3) is 94.3 Å². The van der Waals surface area contributed by atoms with Gasteiger partial charge in [0.2, 0.25) is 0 Å². The van der Waals surface area contributed by atoms with Crippen molar-refractivity contribution in [3.63, 3.8) is 0 Å². The van der Waals surface area contributed by atoms with E-state index in [-0.39, 0.29) is 0 Å². The summed E-state index contributed by atoms with van der Waals surface area (Å²) in [7, 11) is 0. The minimum absolute atomic E-state index is 0.927. The van der Waals surface area contributed by atoms with Crippen molar-refractivity contribution >= 4 is 38.7 Å². The summed E-state index contributed by atoms with van der Waals surface area (Å²) in [6.45, 7) is 4.52. The number of fused-ring (bicyclic) bond motifs is 5. The third-order valence-electron chi connectivity index (χ3n) is 13.7. The van der Waals surface area contributed by atoms with Gasteiger partial charge in [-0.2, -0.15) is 0 Å². The minimum Gasteiger partial charge on any atom is -0.310 e. The van der Waals surface area contributed by atoms with Crippen LogP contribution in [0.1, 0.15) is 25.0 Å². The molecule has 0 fully saturated rings. The van der Waals surface area contributed by atoms with E-state index in [0.29, 0.717) is 0 Å². The minimum atomic E-state index is 0.927. The van der Waals surface area contributed by atoms with Gasteiger partial charge in [0, 0.05) is 39.1 Å². The number of aryl methyl sites for hydroxylation is 2. The van der Waals surface area contributed by atoms with Crippen LogP contribution >= 0.6 is 0 Å². The van der Waals surface area contributed by atoms with Gasteiger partial charge in [-0.15, -0.1) is 0 Å². The van der Waals surface area contributed by atoms with E-state index in [2.05, 4.69) is 254 Å². The molecular weight excluding hydrogens is 797 g/mol. The van der Waals surface area contributed by atoms with Gasteiger partial charge in [0.15, 0.2) is 0 Å². The summed E-state index contributed by atoms with van der Waals surface area (Å²) in [4.78, 5) is 2.45. The Labute approximate surface area is 387 Å². The molecule has 1 aliphatic rings. The average molecular weight is 845 g/mol. The van der Waals surface area contributed by atoms with Gasteiger partial charge in [0.05, 0.1) is 16.9 Å². The van der Waals surface area contributed by atoms with Gasteiger partial charge in [-0.05, 0) is 140 Å². The topological polar surface area (TPSA) is 8.17 Å². The standard InChI is InChI=1S/C64H48N2/c1-3-43-19-11-12-30-54(43)55-37-36-53(40-44(55)4-2)65(60-34-14-13-31-56(60)45-20-7-5-8-21-45)52-29-16-26-49(41-52)47-24-15-25-48(39-47)50-35-38-61-59(42-50)63-57-32-17-22-46-23-18-33-58(62(46)57)64(63)66(61)51-27-9-6-10-28-51/h5-42H,3-4H2,1-2H3. The predicted molar refractivity (Wildman–Crippen MR) is 280 cm³/mol. The monoisotopic (exact) mass is 844 g/mol. The first-order chi connectivity index (χ1) is 32.7. The number of aromatic nitrogens is 1. The van der Waals surface area contributed by atoms with Gasteiger partial charge >= 0.3 is 0 Å². The SMILES string of the molecule is CCc1ccccc1-c1ccc(N(c2cccc(-c3cccc(-c4ccc5c(c4)c4c(n5-c5ccccc5)-c5cccc6cccc-4c56)c3)c2)c2ccccc2-c2ccccc2)cc1CC. The molecule has 0 spiro atoms. The Morgan fingerprint density at radius 1 is 0.379 bits per heavy atom. The van der Waals surface area contributed by atoms with Crippen LogP contribution in [0.5, 0.6) is 0 Å². The van der Waals surface area contributed by atoms with Crippen molar-refractivity contribution in [3.8, 4) is 72.6 Å². The van der Waals surface area contributed by atoms with Gasteiger partial charge in [0.25, 0.3) is 0 Å². The fraction of sp³-hybridized carbons (Fsp3) is 0.0625. The van der Waals surface area contributed by atoms with E-state index in [9.17, 15) is 0 Å². The molecule has 0 bridgehead atoms. The van der Waals surface area contributed by atoms with Crippen molar-refractivity contribution in [2.45, 2.75) is 26.7 Å². The highest BCUT2D eigenvalue weighted by atomic mass is 15.1. The number of nitrogens with zero attached hydrogens (tertiary/aromatic N) is 2. The number of para-hydroxylation sites is 2. The zero-order valence-corrected chi connectivity index (χ0v) is 37.2. The average Bonchev–Trinajstić information content (AvgIpc) is 3.90. The number of hydrogen-bond donors (Lipinski definition) is 0. The molecule has 0 saturated carbocycles. The third kappa shape index (κ3) is 6.56. The third-order valence-corrected chi connectivity index (χ3v) is 13.7. The van der Waals surface area contributed by atoms with Crippen molar-refractivity contribution in [3.05, 3.63) is 242 Å². The number of benzene rings is 10. The maximum atomic E-state index is 2.47. The molecule has 1 heterocycles. The van der Waals surface area contributed by atoms with E-state index in [1.165, 1.54) is 105 Å². The quantitative estimate of drug-likeness (QED) is 0.133. The predicted octanol–water partition coefficient (Wildman–Crippen LogP) is 17.7. The van der Waals surface area contributed by atoms with Crippen molar-refractivity contribution in [1.82, 2.24) is 4.57 Å². The van der Waals surface area contributed by atoms with Gasteiger partial charge < -0.3 is 9.47 Å². The molecule has 11 aromatic rings. The number of hydrogen-bond acceptors (Lipinski definition) is 1. The van der Waals surface area contributed by atoms with Crippen molar-refractivity contribution in [2.24, 2.45) is 0 Å². The van der Waals surface area contributed by atoms with Gasteiger partial charge in [0.1, 0.15) is 0 Å². The zero-order chi connectivity index (χ0) is 44.1. The van der Waals surface area contributed by atoms with Crippen LogP contribution in [0, 0.1) is 0 Å². The van der Waals surface area contributed by atoms with Crippen LogP contribution in [-0.4, -0.2) is 4.57 Å². The van der Waals surface area contributed by atoms with E-state index >= 15 is 0 Å². The van der Waals surface area contributed by atoms with Crippen LogP contribution in [0.15, 0.2) is 231 Å². The molecule has 66 heavy (non-hydrogen) atoms. The Hall–Kier alpha value is -8.20. The lowest BCUT2D eigenvalue weighted by Gasteiger charge is -2.29. The summed E-state index contributed by atoms with van der Waals surface area (Å²) >= 11 is 0. The second-order valence-electron chi connectivity index (χ2n) is 17.4. The fourth-order valence-corrected chi connectivity index (χ4v) is 10.6. The molecule has 10 aromatic carbocycles. The summed E-state index contributed by atoms with van der Waals surface area (Å²) in [6, 6.07) is 85.0. The Morgan fingerprint density at radius 3 is 1.73 bits per heavy atom. The molecule has 0 saturated heterocycles. The maximum Gasteiger partial charge on any atom is 0.0626 e. The molecule has 0 aliphatic heterocycles. The molecule has 0 amide bonds. The van der Waals surface area contributed by atoms with Gasteiger partial charge in [-0.1, -0.05) is 184 Å². The number of rotatable bonds is 10. The first-order valence-corrected chi connectivity index (χ1v) is 23.3. The Bertz CT molecular complexity index is 3610. The molecule has 0 unspecified atom stereocenters. The van der Waals surface area contributed by atoms with E-state index in [4.69, 9.17) is 0 Å². The molecule has 2 nitrogen and oxygen atoms in total. The first kappa shape index (κ1) is 39.4. The Balaban J connectivity index is 0.985. The molecule has 2 heteroatoms. The molecule has 0 radical (unpaired) electrons. The number of anilines is 3. The second-order valence-corrected chi connectivity index (χ2v) is 17.4. The fourth-order valence-electron chi connectivity index (χ4n) is 10.6. The zero-order valence-electron chi connectivity index (χ0n) is 37.2. The molecular formula is C64H48N2. The highest BCUT2D eigenvalue weighted by Gasteiger charge is 2.29. The lowest BCUT2D eigenvalue weighted by atomic mass is 9.92. The van der Waals surface area contributed by atoms with Crippen LogP contribution in [-0.2, 0) is 12.8 Å². The van der Waals surface area contributed by atoms with Gasteiger partial charge in [-0.3, -0.25) is 0 Å². The van der Waals surface area contributed by atoms with Crippen LogP contribution in [0.2, 0.25) is 0 Å². The largest absolute Gasteiger partial charge is 0.310 e. The van der Waals surface area contributed by atoms with Crippen molar-refractivity contribution < 1.29 is 0 Å². The van der Waals surface area contributed by atoms with Crippen molar-refractivity contribution in [2.75, 3.05) is 4.90 Å². The molecule has 1 aromatic heterocycles. The summed E-state index contributed by atoms with van der Waals surface area (Å²) in [5, 5.41) is 3.89. The van der Waals surface area contributed by atoms with Crippen LogP contribution in [0.4, 0.5) is 17.1 Å². The molecule has 0 N–H and O–H groups in total. The molecule has 0 atom stereocenters. The molecule has 314 valence electrons. The second kappa shape index (κ2) is 16.4. The highest BCUT2D eigenvalue weighted by Crippen LogP contribution is 2.53. The Kier molecular flexibility index (Phi) is 9.80. The lowest BCUT2D eigenvalue weighted by Crippen LogP contribution is -2.12. The summed E-state index contributed by atoms with van der Waals surface area (Å²) in [5.41, 5.74) is 23.4. The normalized spacial score (nSPS) is 11.6. The lowest BCUT2D eigenvalue weighted by molar-refractivity contribution is 1.11. The smallest absolute Gasteiger partial charge is 0.0626 e. The highest BCUT2D eigenvalue weighted by molar-refractivity contribution is 6.22. The van der Waals surface area contributed by atoms with E-state index < -0.39 is 0 Å². The Morgan fingerprint density at radius 2 is 0.955 bits per heavy atom. The van der Waals surface area contributed by atoms with E-state index in [1.807, 2.05) is 0 Å². The summed E-state index contributed by atoms with van der Waals surface area (Å²) in [6.07, 6.45) is 1.92. The molecule has 1 aliphatic carbocycles. The van der Waals surface area contributed by atoms with Crippen molar-refractivity contribution in [1.29, 1.82) is 0 Å². The maximum absolute atomic E-state index is 2.47. The van der Waals surface area contributed by atoms with E-state index in [1.54, 1.807) is 0 Å². The van der Waals surface area contributed by atoms with Crippen LogP contribution in [0.3, 0.4) is 0 Å². The summed E-state index contributed by atoms with van der Waals surface area (Å²) < 4.78 is 2.47. The van der Waals surface area contributed by atoms with Crippen LogP contribution < -0.4 is 4.90 Å². The first-order valence-electron chi connectivity index (χ1n) is 23.3. The summed E-state index contributed by atoms with van der Waals surface area (Å²) in [5.74, 6) is 0. The van der Waals surface area contributed by atoms with Gasteiger partial charge in [-0.25, -0.2) is 0 Å². The van der Waals surface area contributed by atoms with E-state index in [0.717, 1.165) is 29.9 Å².